The van der Waals surface area contributed by atoms with Crippen LogP contribution in [0.25, 0.3) is 0 Å². The largest absolute Gasteiger partial charge is 0.372 e. The van der Waals surface area contributed by atoms with Crippen LogP contribution in [0.5, 0.6) is 0 Å². The summed E-state index contributed by atoms with van der Waals surface area (Å²) < 4.78 is 0. The third-order valence-corrected chi connectivity index (χ3v) is 4.29. The highest BCUT2D eigenvalue weighted by atomic mass is 35.5. The number of para-hydroxylation sites is 2. The first-order valence-electron chi connectivity index (χ1n) is 7.72. The van der Waals surface area contributed by atoms with Gasteiger partial charge in [-0.2, -0.15) is 0 Å². The zero-order chi connectivity index (χ0) is 17.1. The molecule has 2 N–H and O–H groups in total. The Labute approximate surface area is 145 Å². The molecule has 2 amide bonds. The molecule has 0 spiro atoms. The second-order valence-corrected chi connectivity index (χ2v) is 6.19. The van der Waals surface area contributed by atoms with Gasteiger partial charge in [0.2, 0.25) is 5.91 Å². The number of nitrogens with one attached hydrogen (secondary N) is 2. The van der Waals surface area contributed by atoms with Crippen molar-refractivity contribution in [3.05, 3.63) is 59.1 Å². The first-order chi connectivity index (χ1) is 11.5. The summed E-state index contributed by atoms with van der Waals surface area (Å²) in [5.41, 5.74) is 1.89. The number of anilines is 2. The molecular weight excluding hydrogens is 326 g/mol. The molecule has 1 atom stereocenters. The number of likely N-dealkylation sites (N-methyl/N-ethyl adjacent to an activating group) is 1. The van der Waals surface area contributed by atoms with Gasteiger partial charge in [-0.15, -0.1) is 0 Å². The zero-order valence-electron chi connectivity index (χ0n) is 13.3. The lowest BCUT2D eigenvalue weighted by atomic mass is 10.2. The molecule has 1 heterocycles. The van der Waals surface area contributed by atoms with E-state index < -0.39 is 0 Å². The Morgan fingerprint density at radius 2 is 1.79 bits per heavy atom. The van der Waals surface area contributed by atoms with E-state index in [2.05, 4.69) is 10.6 Å². The highest BCUT2D eigenvalue weighted by Gasteiger charge is 2.29. The predicted octanol–water partition coefficient (Wildman–Crippen LogP) is 3.23. The molecule has 0 saturated carbocycles. The van der Waals surface area contributed by atoms with Gasteiger partial charge in [0, 0.05) is 24.2 Å². The molecule has 2 aromatic carbocycles. The molecule has 6 heteroatoms. The standard InChI is InChI=1S/C18H18ClN3O2/c1-22-11-10-16(18(22)24)20-14-4-2-3-5-15(14)21-17(23)12-6-8-13(19)9-7-12/h2-9,16,20H,10-11H2,1H3,(H,21,23)/t16-/m0/s1. The maximum Gasteiger partial charge on any atom is 0.255 e. The van der Waals surface area contributed by atoms with E-state index in [1.165, 1.54) is 0 Å². The van der Waals surface area contributed by atoms with Crippen LogP contribution in [0.2, 0.25) is 5.02 Å². The van der Waals surface area contributed by atoms with Crippen LogP contribution in [0.3, 0.4) is 0 Å². The summed E-state index contributed by atoms with van der Waals surface area (Å²) in [6.07, 6.45) is 0.745. The van der Waals surface area contributed by atoms with Gasteiger partial charge in [0.1, 0.15) is 6.04 Å². The number of rotatable bonds is 4. The van der Waals surface area contributed by atoms with Crippen LogP contribution in [0.4, 0.5) is 11.4 Å². The molecule has 5 nitrogen and oxygen atoms in total. The summed E-state index contributed by atoms with van der Waals surface area (Å²) in [7, 11) is 1.79. The third-order valence-electron chi connectivity index (χ3n) is 4.04. The molecule has 3 rings (SSSR count). The van der Waals surface area contributed by atoms with Gasteiger partial charge in [-0.1, -0.05) is 23.7 Å². The quantitative estimate of drug-likeness (QED) is 0.896. The van der Waals surface area contributed by atoms with E-state index in [0.717, 1.165) is 18.7 Å². The fraction of sp³-hybridized carbons (Fsp3) is 0.222. The maximum absolute atomic E-state index is 12.4. The predicted molar refractivity (Wildman–Crippen MR) is 95.5 cm³/mol. The first kappa shape index (κ1) is 16.3. The number of carbonyl (C=O) groups is 2. The number of hydrogen-bond donors (Lipinski definition) is 2. The summed E-state index contributed by atoms with van der Waals surface area (Å²) in [4.78, 5) is 26.1. The number of carbonyl (C=O) groups excluding carboxylic acids is 2. The van der Waals surface area contributed by atoms with Crippen molar-refractivity contribution in [1.29, 1.82) is 0 Å². The Hall–Kier alpha value is -2.53. The summed E-state index contributed by atoms with van der Waals surface area (Å²) in [6, 6.07) is 13.8. The molecule has 0 radical (unpaired) electrons. The van der Waals surface area contributed by atoms with E-state index >= 15 is 0 Å². The van der Waals surface area contributed by atoms with E-state index in [9.17, 15) is 9.59 Å². The van der Waals surface area contributed by atoms with Crippen LogP contribution >= 0.6 is 11.6 Å². The van der Waals surface area contributed by atoms with Gasteiger partial charge in [-0.25, -0.2) is 0 Å². The number of amides is 2. The van der Waals surface area contributed by atoms with Crippen LogP contribution in [-0.4, -0.2) is 36.3 Å². The van der Waals surface area contributed by atoms with Crippen LogP contribution in [-0.2, 0) is 4.79 Å². The Kier molecular flexibility index (Phi) is 4.71. The van der Waals surface area contributed by atoms with Crippen LogP contribution < -0.4 is 10.6 Å². The van der Waals surface area contributed by atoms with Gasteiger partial charge in [-0.05, 0) is 42.8 Å². The highest BCUT2D eigenvalue weighted by Crippen LogP contribution is 2.25. The lowest BCUT2D eigenvalue weighted by Crippen LogP contribution is -2.31. The summed E-state index contributed by atoms with van der Waals surface area (Å²) in [5, 5.41) is 6.69. The monoisotopic (exact) mass is 343 g/mol. The van der Waals surface area contributed by atoms with Crippen molar-refractivity contribution in [3.8, 4) is 0 Å². The molecule has 0 unspecified atom stereocenters. The molecule has 1 fully saturated rings. The molecule has 124 valence electrons. The van der Waals surface area contributed by atoms with Gasteiger partial charge in [-0.3, -0.25) is 9.59 Å². The highest BCUT2D eigenvalue weighted by molar-refractivity contribution is 6.30. The van der Waals surface area contributed by atoms with Gasteiger partial charge in [0.15, 0.2) is 0 Å². The van der Waals surface area contributed by atoms with Gasteiger partial charge < -0.3 is 15.5 Å². The Morgan fingerprint density at radius 3 is 2.42 bits per heavy atom. The third kappa shape index (κ3) is 3.51. The molecule has 0 aromatic heterocycles. The number of halogens is 1. The second-order valence-electron chi connectivity index (χ2n) is 5.75. The number of hydrogen-bond acceptors (Lipinski definition) is 3. The normalized spacial score (nSPS) is 17.0. The zero-order valence-corrected chi connectivity index (χ0v) is 14.0. The minimum Gasteiger partial charge on any atom is -0.372 e. The van der Waals surface area contributed by atoms with Gasteiger partial charge in [0.25, 0.3) is 5.91 Å². The second kappa shape index (κ2) is 6.93. The van der Waals surface area contributed by atoms with Crippen molar-refractivity contribution < 1.29 is 9.59 Å². The molecule has 2 aromatic rings. The molecule has 0 aliphatic carbocycles. The Balaban J connectivity index is 1.75. The first-order valence-corrected chi connectivity index (χ1v) is 8.10. The van der Waals surface area contributed by atoms with E-state index in [1.54, 1.807) is 42.3 Å². The average molecular weight is 344 g/mol. The van der Waals surface area contributed by atoms with Crippen LogP contribution in [0.1, 0.15) is 16.8 Å². The van der Waals surface area contributed by atoms with Crippen molar-refractivity contribution in [2.45, 2.75) is 12.5 Å². The maximum atomic E-state index is 12.4. The topological polar surface area (TPSA) is 61.4 Å². The number of nitrogens with zero attached hydrogens (tertiary/aromatic N) is 1. The Bertz CT molecular complexity index is 761. The van der Waals surface area contributed by atoms with E-state index in [0.29, 0.717) is 16.3 Å². The van der Waals surface area contributed by atoms with E-state index in [1.807, 2.05) is 18.2 Å². The minimum atomic E-state index is -0.261. The van der Waals surface area contributed by atoms with Crippen LogP contribution in [0.15, 0.2) is 48.5 Å². The minimum absolute atomic E-state index is 0.0637. The number of benzene rings is 2. The molecule has 1 aliphatic rings. The fourth-order valence-electron chi connectivity index (χ4n) is 2.66. The SMILES string of the molecule is CN1CC[C@H](Nc2ccccc2NC(=O)c2ccc(Cl)cc2)C1=O. The summed E-state index contributed by atoms with van der Waals surface area (Å²) >= 11 is 5.84. The van der Waals surface area contributed by atoms with Crippen LogP contribution in [0, 0.1) is 0 Å². The van der Waals surface area contributed by atoms with E-state index in [-0.39, 0.29) is 17.9 Å². The smallest absolute Gasteiger partial charge is 0.255 e. The summed E-state index contributed by atoms with van der Waals surface area (Å²) in [5.74, 6) is -0.162. The van der Waals surface area contributed by atoms with E-state index in [4.69, 9.17) is 11.6 Å². The molecular formula is C18H18ClN3O2. The van der Waals surface area contributed by atoms with Gasteiger partial charge in [0.05, 0.1) is 11.4 Å². The van der Waals surface area contributed by atoms with Crippen molar-refractivity contribution in [1.82, 2.24) is 4.90 Å². The van der Waals surface area contributed by atoms with Crippen molar-refractivity contribution in [2.24, 2.45) is 0 Å². The van der Waals surface area contributed by atoms with Crippen molar-refractivity contribution in [3.63, 3.8) is 0 Å². The summed E-state index contributed by atoms with van der Waals surface area (Å²) in [6.45, 7) is 0.732. The molecule has 1 saturated heterocycles. The lowest BCUT2D eigenvalue weighted by Gasteiger charge is -2.17. The van der Waals surface area contributed by atoms with Gasteiger partial charge >= 0.3 is 0 Å². The Morgan fingerprint density at radius 1 is 1.12 bits per heavy atom. The molecule has 24 heavy (non-hydrogen) atoms. The lowest BCUT2D eigenvalue weighted by molar-refractivity contribution is -0.127. The molecule has 1 aliphatic heterocycles. The van der Waals surface area contributed by atoms with Crippen molar-refractivity contribution in [2.75, 3.05) is 24.2 Å². The average Bonchev–Trinajstić information content (AvgIpc) is 2.89. The number of likely N-dealkylation sites (tertiary alicyclic amines) is 1. The van der Waals surface area contributed by atoms with Crippen molar-refractivity contribution >= 4 is 34.8 Å². The molecule has 0 bridgehead atoms. The fourth-order valence-corrected chi connectivity index (χ4v) is 2.78.